The Morgan fingerprint density at radius 2 is 1.88 bits per heavy atom. The quantitative estimate of drug-likeness (QED) is 0.519. The summed E-state index contributed by atoms with van der Waals surface area (Å²) in [5.74, 6) is 1.04. The molecule has 2 amide bonds. The number of carbonyl (C=O) groups excluding carboxylic acids is 2. The average Bonchev–Trinajstić information content (AvgIpc) is 3.37. The molecule has 3 aromatic rings. The number of nitrogens with one attached hydrogen (secondary N) is 1. The van der Waals surface area contributed by atoms with Crippen LogP contribution in [0.5, 0.6) is 0 Å². The number of rotatable bonds is 8. The lowest BCUT2D eigenvalue weighted by molar-refractivity contribution is -0.136. The van der Waals surface area contributed by atoms with Gasteiger partial charge in [-0.1, -0.05) is 52.8 Å². The van der Waals surface area contributed by atoms with Crippen molar-refractivity contribution >= 4 is 17.6 Å². The molecule has 2 heterocycles. The normalized spacial score (nSPS) is 11.6. The molecule has 0 aliphatic rings. The Hall–Kier alpha value is -3.35. The number of aromatic nitrogens is 2. The summed E-state index contributed by atoms with van der Waals surface area (Å²) in [6.45, 7) is 12.4. The third-order valence-corrected chi connectivity index (χ3v) is 5.29. The van der Waals surface area contributed by atoms with E-state index in [2.05, 4.69) is 26.1 Å². The zero-order valence-electron chi connectivity index (χ0n) is 20.4. The lowest BCUT2D eigenvalue weighted by Gasteiger charge is -2.22. The van der Waals surface area contributed by atoms with Gasteiger partial charge in [0.25, 0.3) is 0 Å². The summed E-state index contributed by atoms with van der Waals surface area (Å²) in [6, 6.07) is 13.4. The molecule has 176 valence electrons. The molecule has 1 N–H and O–H groups in total. The van der Waals surface area contributed by atoms with E-state index in [1.54, 1.807) is 23.1 Å². The molecule has 0 aliphatic heterocycles. The lowest BCUT2D eigenvalue weighted by Crippen LogP contribution is -2.38. The Bertz CT molecular complexity index is 1090. The number of benzene rings is 1. The van der Waals surface area contributed by atoms with Crippen LogP contribution in [0.2, 0.25) is 0 Å². The molecular weight excluding hydrogens is 416 g/mol. The van der Waals surface area contributed by atoms with Crippen molar-refractivity contribution in [2.45, 2.75) is 59.9 Å². The van der Waals surface area contributed by atoms with Crippen LogP contribution >= 0.6 is 0 Å². The van der Waals surface area contributed by atoms with E-state index < -0.39 is 0 Å². The van der Waals surface area contributed by atoms with E-state index in [0.29, 0.717) is 18.0 Å². The lowest BCUT2D eigenvalue weighted by atomic mass is 9.92. The third-order valence-electron chi connectivity index (χ3n) is 5.29. The second-order valence-corrected chi connectivity index (χ2v) is 9.84. The topological polar surface area (TPSA) is 80.4 Å². The molecule has 3 rings (SSSR count). The predicted molar refractivity (Wildman–Crippen MR) is 129 cm³/mol. The maximum absolute atomic E-state index is 13.1. The van der Waals surface area contributed by atoms with Gasteiger partial charge >= 0.3 is 0 Å². The summed E-state index contributed by atoms with van der Waals surface area (Å²) >= 11 is 0. The number of furan rings is 1. The smallest absolute Gasteiger partial charge is 0.245 e. The van der Waals surface area contributed by atoms with Crippen molar-refractivity contribution in [3.63, 3.8) is 0 Å². The first-order valence-electron chi connectivity index (χ1n) is 11.3. The van der Waals surface area contributed by atoms with Crippen LogP contribution in [0.25, 0.3) is 5.69 Å². The van der Waals surface area contributed by atoms with E-state index in [-0.39, 0.29) is 36.2 Å². The summed E-state index contributed by atoms with van der Waals surface area (Å²) in [7, 11) is 0. The maximum Gasteiger partial charge on any atom is 0.245 e. The van der Waals surface area contributed by atoms with Crippen LogP contribution in [0.4, 0.5) is 5.82 Å². The fourth-order valence-corrected chi connectivity index (χ4v) is 3.48. The fourth-order valence-electron chi connectivity index (χ4n) is 3.48. The molecule has 1 aromatic carbocycles. The number of para-hydroxylation sites is 1. The van der Waals surface area contributed by atoms with Gasteiger partial charge in [0.05, 0.1) is 24.2 Å². The van der Waals surface area contributed by atoms with Crippen molar-refractivity contribution in [2.24, 2.45) is 5.92 Å². The first kappa shape index (κ1) is 24.3. The third kappa shape index (κ3) is 6.34. The van der Waals surface area contributed by atoms with Crippen LogP contribution in [0.15, 0.2) is 53.1 Å². The van der Waals surface area contributed by atoms with Crippen molar-refractivity contribution < 1.29 is 14.0 Å². The molecule has 0 saturated carbocycles. The molecule has 2 aromatic heterocycles. The molecular formula is C26H34N4O3. The zero-order chi connectivity index (χ0) is 24.2. The number of amides is 2. The molecule has 0 spiro atoms. The molecule has 7 heteroatoms. The summed E-state index contributed by atoms with van der Waals surface area (Å²) in [6.07, 6.45) is 1.93. The SMILES string of the molecule is Cc1ccccc1-n1nc(C(C)(C)C)cc1NC(=O)CN(Cc1ccco1)C(=O)CC(C)C. The fraction of sp³-hybridized carbons (Fsp3) is 0.423. The number of aryl methyl sites for hydroxylation is 1. The summed E-state index contributed by atoms with van der Waals surface area (Å²) in [5, 5.41) is 7.77. The molecule has 0 unspecified atom stereocenters. The van der Waals surface area contributed by atoms with Crippen molar-refractivity contribution in [3.05, 3.63) is 65.7 Å². The van der Waals surface area contributed by atoms with Gasteiger partial charge in [0.15, 0.2) is 0 Å². The van der Waals surface area contributed by atoms with Gasteiger partial charge in [-0.05, 0) is 36.6 Å². The van der Waals surface area contributed by atoms with Crippen molar-refractivity contribution in [1.29, 1.82) is 0 Å². The van der Waals surface area contributed by atoms with E-state index in [1.807, 2.05) is 51.1 Å². The van der Waals surface area contributed by atoms with E-state index >= 15 is 0 Å². The first-order chi connectivity index (χ1) is 15.5. The van der Waals surface area contributed by atoms with Gasteiger partial charge in [0.1, 0.15) is 18.1 Å². The predicted octanol–water partition coefficient (Wildman–Crippen LogP) is 5.08. The Labute approximate surface area is 195 Å². The molecule has 7 nitrogen and oxygen atoms in total. The van der Waals surface area contributed by atoms with Crippen molar-refractivity contribution in [2.75, 3.05) is 11.9 Å². The van der Waals surface area contributed by atoms with Gasteiger partial charge in [-0.2, -0.15) is 5.10 Å². The minimum absolute atomic E-state index is 0.0734. The maximum atomic E-state index is 13.1. The van der Waals surface area contributed by atoms with Crippen LogP contribution in [-0.4, -0.2) is 33.0 Å². The Kier molecular flexibility index (Phi) is 7.41. The van der Waals surface area contributed by atoms with Gasteiger partial charge in [-0.25, -0.2) is 4.68 Å². The van der Waals surface area contributed by atoms with Crippen LogP contribution < -0.4 is 5.32 Å². The van der Waals surface area contributed by atoms with Crippen LogP contribution in [-0.2, 0) is 21.5 Å². The number of anilines is 1. The summed E-state index contributed by atoms with van der Waals surface area (Å²) < 4.78 is 7.17. The molecule has 33 heavy (non-hydrogen) atoms. The van der Waals surface area contributed by atoms with Crippen LogP contribution in [0, 0.1) is 12.8 Å². The molecule has 0 fully saturated rings. The minimum Gasteiger partial charge on any atom is -0.467 e. The standard InChI is InChI=1S/C26H34N4O3/c1-18(2)14-25(32)29(16-20-11-9-13-33-20)17-24(31)27-23-15-22(26(4,5)6)28-30(23)21-12-8-7-10-19(21)3/h7-13,15,18H,14,16-17H2,1-6H3,(H,27,31). The van der Waals surface area contributed by atoms with E-state index in [1.165, 1.54) is 4.90 Å². The van der Waals surface area contributed by atoms with E-state index in [9.17, 15) is 9.59 Å². The van der Waals surface area contributed by atoms with Crippen molar-refractivity contribution in [3.8, 4) is 5.69 Å². The zero-order valence-corrected chi connectivity index (χ0v) is 20.4. The highest BCUT2D eigenvalue weighted by atomic mass is 16.3. The molecule has 0 saturated heterocycles. The molecule has 0 aliphatic carbocycles. The van der Waals surface area contributed by atoms with Gasteiger partial charge in [0, 0.05) is 17.9 Å². The molecule has 0 bridgehead atoms. The average molecular weight is 451 g/mol. The molecule has 0 atom stereocenters. The second-order valence-electron chi connectivity index (χ2n) is 9.84. The van der Waals surface area contributed by atoms with E-state index in [4.69, 9.17) is 9.52 Å². The van der Waals surface area contributed by atoms with Gasteiger partial charge in [-0.15, -0.1) is 0 Å². The Morgan fingerprint density at radius 3 is 2.48 bits per heavy atom. The highest BCUT2D eigenvalue weighted by Crippen LogP contribution is 2.27. The highest BCUT2D eigenvalue weighted by molar-refractivity contribution is 5.94. The van der Waals surface area contributed by atoms with Gasteiger partial charge < -0.3 is 14.6 Å². The van der Waals surface area contributed by atoms with Crippen LogP contribution in [0.1, 0.15) is 58.1 Å². The summed E-state index contributed by atoms with van der Waals surface area (Å²) in [4.78, 5) is 27.5. The van der Waals surface area contributed by atoms with Crippen molar-refractivity contribution in [1.82, 2.24) is 14.7 Å². The number of carbonyl (C=O) groups is 2. The Morgan fingerprint density at radius 1 is 1.15 bits per heavy atom. The first-order valence-corrected chi connectivity index (χ1v) is 11.3. The minimum atomic E-state index is -0.283. The van der Waals surface area contributed by atoms with E-state index in [0.717, 1.165) is 16.9 Å². The number of nitrogens with zero attached hydrogens (tertiary/aromatic N) is 3. The van der Waals surface area contributed by atoms with Gasteiger partial charge in [0.2, 0.25) is 11.8 Å². The largest absolute Gasteiger partial charge is 0.467 e. The second kappa shape index (κ2) is 10.1. The monoisotopic (exact) mass is 450 g/mol. The number of hydrogen-bond donors (Lipinski definition) is 1. The number of hydrogen-bond acceptors (Lipinski definition) is 4. The van der Waals surface area contributed by atoms with Crippen LogP contribution in [0.3, 0.4) is 0 Å². The highest BCUT2D eigenvalue weighted by Gasteiger charge is 2.24. The Balaban J connectivity index is 1.86. The summed E-state index contributed by atoms with van der Waals surface area (Å²) in [5.41, 5.74) is 2.62. The molecule has 0 radical (unpaired) electrons. The van der Waals surface area contributed by atoms with Gasteiger partial charge in [-0.3, -0.25) is 9.59 Å².